The fourth-order valence-corrected chi connectivity index (χ4v) is 3.51. The van der Waals surface area contributed by atoms with E-state index in [1.807, 2.05) is 0 Å². The molecule has 0 aromatic heterocycles. The highest BCUT2D eigenvalue weighted by Gasteiger charge is 2.14. The molecule has 0 bridgehead atoms. The van der Waals surface area contributed by atoms with Crippen molar-refractivity contribution in [3.05, 3.63) is 52.3 Å². The molecule has 0 spiro atoms. The Labute approximate surface area is 127 Å². The van der Waals surface area contributed by atoms with Gasteiger partial charge in [-0.1, -0.05) is 28.1 Å². The number of hydrogen-bond acceptors (Lipinski definition) is 3. The molecule has 0 heterocycles. The monoisotopic (exact) mass is 357 g/mol. The minimum Gasteiger partial charge on any atom is -0.494 e. The van der Waals surface area contributed by atoms with Crippen molar-refractivity contribution in [2.45, 2.75) is 10.6 Å². The maximum absolute atomic E-state index is 14.0. The second kappa shape index (κ2) is 6.37. The maximum atomic E-state index is 14.0. The minimum absolute atomic E-state index is 0.0453. The van der Waals surface area contributed by atoms with Crippen molar-refractivity contribution in [1.82, 2.24) is 0 Å². The van der Waals surface area contributed by atoms with Crippen molar-refractivity contribution >= 4 is 32.4 Å². The second-order valence-electron chi connectivity index (χ2n) is 4.11. The van der Waals surface area contributed by atoms with E-state index in [1.54, 1.807) is 30.3 Å². The normalized spacial score (nSPS) is 12.2. The fraction of sp³-hybridized carbons (Fsp3) is 0.143. The first-order valence-electron chi connectivity index (χ1n) is 5.77. The molecule has 2 aromatic carbocycles. The number of nitrogen functional groups attached to an aromatic ring is 1. The molecule has 0 aliphatic heterocycles. The van der Waals surface area contributed by atoms with Crippen LogP contribution in [0.15, 0.2) is 45.8 Å². The third-order valence-electron chi connectivity index (χ3n) is 2.77. The number of anilines is 1. The summed E-state index contributed by atoms with van der Waals surface area (Å²) in [5.74, 6) is -0.303. The summed E-state index contributed by atoms with van der Waals surface area (Å²) < 4.78 is 32.1. The van der Waals surface area contributed by atoms with Gasteiger partial charge in [-0.05, 0) is 24.3 Å². The summed E-state index contributed by atoms with van der Waals surface area (Å²) in [6.45, 7) is 0. The molecule has 3 nitrogen and oxygen atoms in total. The van der Waals surface area contributed by atoms with Gasteiger partial charge in [-0.2, -0.15) is 0 Å². The van der Waals surface area contributed by atoms with Crippen LogP contribution >= 0.6 is 15.9 Å². The van der Waals surface area contributed by atoms with Gasteiger partial charge in [0, 0.05) is 15.7 Å². The van der Waals surface area contributed by atoms with Crippen LogP contribution in [0.2, 0.25) is 0 Å². The van der Waals surface area contributed by atoms with Crippen molar-refractivity contribution in [3.8, 4) is 5.75 Å². The Kier molecular flexibility index (Phi) is 4.77. The summed E-state index contributed by atoms with van der Waals surface area (Å²) in [4.78, 5) is 0.488. The van der Waals surface area contributed by atoms with Gasteiger partial charge in [0.25, 0.3) is 0 Å². The molecule has 0 saturated heterocycles. The molecule has 1 unspecified atom stereocenters. The number of rotatable bonds is 4. The van der Waals surface area contributed by atoms with E-state index in [1.165, 1.54) is 13.2 Å². The predicted octanol–water partition coefficient (Wildman–Crippen LogP) is 3.49. The molecule has 106 valence electrons. The van der Waals surface area contributed by atoms with Crippen molar-refractivity contribution in [1.29, 1.82) is 0 Å². The number of methoxy groups -OCH3 is 1. The van der Waals surface area contributed by atoms with Crippen molar-refractivity contribution in [2.24, 2.45) is 0 Å². The van der Waals surface area contributed by atoms with Crippen molar-refractivity contribution in [2.75, 3.05) is 12.8 Å². The SMILES string of the molecule is COc1cccc(CS(=O)c2cc(Br)ccc2N)c1F. The Hall–Kier alpha value is -1.40. The summed E-state index contributed by atoms with van der Waals surface area (Å²) >= 11 is 3.30. The first-order valence-corrected chi connectivity index (χ1v) is 7.89. The highest BCUT2D eigenvalue weighted by Crippen LogP contribution is 2.26. The zero-order valence-electron chi connectivity index (χ0n) is 10.7. The average Bonchev–Trinajstić information content (AvgIpc) is 2.43. The van der Waals surface area contributed by atoms with E-state index in [0.717, 1.165) is 4.47 Å². The third kappa shape index (κ3) is 3.19. The quantitative estimate of drug-likeness (QED) is 0.852. The summed E-state index contributed by atoms with van der Waals surface area (Å²) in [6.07, 6.45) is 0. The van der Waals surface area contributed by atoms with E-state index >= 15 is 0 Å². The Morgan fingerprint density at radius 2 is 2.10 bits per heavy atom. The number of halogens is 2. The molecule has 2 N–H and O–H groups in total. The van der Waals surface area contributed by atoms with Crippen LogP contribution in [0.1, 0.15) is 5.56 Å². The standard InChI is InChI=1S/C14H13BrFNO2S/c1-19-12-4-2-3-9(14(12)16)8-20(18)13-7-10(15)5-6-11(13)17/h2-7H,8,17H2,1H3. The van der Waals surface area contributed by atoms with Crippen molar-refractivity contribution in [3.63, 3.8) is 0 Å². The Balaban J connectivity index is 2.30. The van der Waals surface area contributed by atoms with Gasteiger partial charge in [-0.3, -0.25) is 4.21 Å². The van der Waals surface area contributed by atoms with Crippen LogP contribution in [0.5, 0.6) is 5.75 Å². The van der Waals surface area contributed by atoms with Gasteiger partial charge in [0.1, 0.15) is 0 Å². The Morgan fingerprint density at radius 3 is 2.80 bits per heavy atom. The molecule has 20 heavy (non-hydrogen) atoms. The Morgan fingerprint density at radius 1 is 1.35 bits per heavy atom. The van der Waals surface area contributed by atoms with Crippen LogP contribution < -0.4 is 10.5 Å². The molecule has 0 saturated carbocycles. The number of hydrogen-bond donors (Lipinski definition) is 1. The first-order chi connectivity index (χ1) is 9.52. The predicted molar refractivity (Wildman–Crippen MR) is 81.6 cm³/mol. The van der Waals surface area contributed by atoms with Gasteiger partial charge < -0.3 is 10.5 Å². The number of benzene rings is 2. The zero-order chi connectivity index (χ0) is 14.7. The van der Waals surface area contributed by atoms with Gasteiger partial charge in [0.2, 0.25) is 0 Å². The molecule has 0 radical (unpaired) electrons. The highest BCUT2D eigenvalue weighted by atomic mass is 79.9. The number of ether oxygens (including phenoxy) is 1. The van der Waals surface area contributed by atoms with E-state index in [9.17, 15) is 8.60 Å². The highest BCUT2D eigenvalue weighted by molar-refractivity contribution is 9.10. The van der Waals surface area contributed by atoms with E-state index in [2.05, 4.69) is 15.9 Å². The topological polar surface area (TPSA) is 52.3 Å². The molecular formula is C14H13BrFNO2S. The molecule has 0 aliphatic rings. The summed E-state index contributed by atoms with van der Waals surface area (Å²) in [6, 6.07) is 9.89. The van der Waals surface area contributed by atoms with Gasteiger partial charge in [-0.15, -0.1) is 0 Å². The smallest absolute Gasteiger partial charge is 0.169 e. The van der Waals surface area contributed by atoms with Gasteiger partial charge in [-0.25, -0.2) is 4.39 Å². The van der Waals surface area contributed by atoms with Gasteiger partial charge in [0.05, 0.1) is 28.6 Å². The van der Waals surface area contributed by atoms with Crippen molar-refractivity contribution < 1.29 is 13.3 Å². The Bertz CT molecular complexity index is 664. The summed E-state index contributed by atoms with van der Waals surface area (Å²) in [7, 11) is -0.0330. The lowest BCUT2D eigenvalue weighted by Crippen LogP contribution is -2.03. The third-order valence-corrected chi connectivity index (χ3v) is 4.68. The second-order valence-corrected chi connectivity index (χ2v) is 6.44. The molecule has 0 aliphatic carbocycles. The van der Waals surface area contributed by atoms with E-state index in [4.69, 9.17) is 10.5 Å². The molecule has 2 aromatic rings. The maximum Gasteiger partial charge on any atom is 0.169 e. The molecule has 0 amide bonds. The molecule has 1 atom stereocenters. The average molecular weight is 358 g/mol. The van der Waals surface area contributed by atoms with Gasteiger partial charge in [0.15, 0.2) is 11.6 Å². The largest absolute Gasteiger partial charge is 0.494 e. The van der Waals surface area contributed by atoms with Crippen LogP contribution in [0.25, 0.3) is 0 Å². The van der Waals surface area contributed by atoms with Crippen LogP contribution in [-0.4, -0.2) is 11.3 Å². The van der Waals surface area contributed by atoms with Crippen LogP contribution in [0.4, 0.5) is 10.1 Å². The van der Waals surface area contributed by atoms with Crippen LogP contribution in [0, 0.1) is 5.82 Å². The fourth-order valence-electron chi connectivity index (χ4n) is 1.75. The number of nitrogens with two attached hydrogens (primary N) is 1. The lowest BCUT2D eigenvalue weighted by atomic mass is 10.2. The zero-order valence-corrected chi connectivity index (χ0v) is 13.1. The van der Waals surface area contributed by atoms with Gasteiger partial charge >= 0.3 is 0 Å². The lowest BCUT2D eigenvalue weighted by molar-refractivity contribution is 0.385. The van der Waals surface area contributed by atoms with E-state index < -0.39 is 16.6 Å². The molecule has 0 fully saturated rings. The lowest BCUT2D eigenvalue weighted by Gasteiger charge is -2.09. The molecule has 2 rings (SSSR count). The summed E-state index contributed by atoms with van der Waals surface area (Å²) in [5.41, 5.74) is 6.57. The summed E-state index contributed by atoms with van der Waals surface area (Å²) in [5, 5.41) is 0. The van der Waals surface area contributed by atoms with E-state index in [-0.39, 0.29) is 11.5 Å². The minimum atomic E-state index is -1.43. The molecule has 6 heteroatoms. The van der Waals surface area contributed by atoms with Crippen LogP contribution in [0.3, 0.4) is 0 Å². The van der Waals surface area contributed by atoms with Crippen LogP contribution in [-0.2, 0) is 16.6 Å². The first kappa shape index (κ1) is 15.0. The van der Waals surface area contributed by atoms with E-state index in [0.29, 0.717) is 16.1 Å². The molecular weight excluding hydrogens is 345 g/mol.